The van der Waals surface area contributed by atoms with Crippen LogP contribution in [0.2, 0.25) is 0 Å². The van der Waals surface area contributed by atoms with Gasteiger partial charge >= 0.3 is 0 Å². The Kier molecular flexibility index (Phi) is 3.78. The number of hydrogen-bond acceptors (Lipinski definition) is 5. The lowest BCUT2D eigenvalue weighted by Gasteiger charge is -2.01. The van der Waals surface area contributed by atoms with E-state index in [9.17, 15) is 13.2 Å². The van der Waals surface area contributed by atoms with Crippen molar-refractivity contribution in [3.05, 3.63) is 24.3 Å². The van der Waals surface area contributed by atoms with Crippen LogP contribution in [0, 0.1) is 0 Å². The zero-order valence-electron chi connectivity index (χ0n) is 8.97. The van der Waals surface area contributed by atoms with Crippen molar-refractivity contribution < 1.29 is 13.2 Å². The number of ketones is 1. The number of nitrogens with zero attached hydrogens (tertiary/aromatic N) is 1. The molecular formula is C10H12N2O3S. The predicted molar refractivity (Wildman–Crippen MR) is 62.3 cm³/mol. The minimum atomic E-state index is -3.17. The minimum Gasteiger partial charge on any atom is -0.293 e. The van der Waals surface area contributed by atoms with E-state index in [1.165, 1.54) is 19.1 Å². The lowest BCUT2D eigenvalue weighted by molar-refractivity contribution is -0.110. The maximum absolute atomic E-state index is 11.2. The van der Waals surface area contributed by atoms with Gasteiger partial charge in [0.25, 0.3) is 0 Å². The monoisotopic (exact) mass is 240 g/mol. The van der Waals surface area contributed by atoms with Gasteiger partial charge in [0.15, 0.2) is 15.6 Å². The molecule has 0 unspecified atom stereocenters. The first kappa shape index (κ1) is 12.4. The molecule has 0 spiro atoms. The summed E-state index contributed by atoms with van der Waals surface area (Å²) in [6.07, 6.45) is 2.29. The third-order valence-corrected chi connectivity index (χ3v) is 2.85. The fraction of sp³-hybridized carbons (Fsp3) is 0.200. The highest BCUT2D eigenvalue weighted by Crippen LogP contribution is 2.13. The molecular weight excluding hydrogens is 228 g/mol. The molecule has 86 valence electrons. The Morgan fingerprint density at radius 3 is 2.31 bits per heavy atom. The van der Waals surface area contributed by atoms with Crippen molar-refractivity contribution >= 4 is 27.5 Å². The first-order valence-corrected chi connectivity index (χ1v) is 6.38. The van der Waals surface area contributed by atoms with Gasteiger partial charge in [-0.15, -0.1) is 0 Å². The summed E-state index contributed by atoms with van der Waals surface area (Å²) in [5, 5.41) is 3.66. The third kappa shape index (κ3) is 3.82. The lowest BCUT2D eigenvalue weighted by atomic mass is 10.3. The van der Waals surface area contributed by atoms with E-state index in [0.717, 1.165) is 12.5 Å². The molecule has 0 saturated heterocycles. The molecule has 0 aliphatic heterocycles. The maximum atomic E-state index is 11.2. The second-order valence-corrected chi connectivity index (χ2v) is 5.29. The van der Waals surface area contributed by atoms with Gasteiger partial charge in [-0.25, -0.2) is 8.42 Å². The summed E-state index contributed by atoms with van der Waals surface area (Å²) in [6, 6.07) is 6.10. The number of hydrazone groups is 1. The van der Waals surface area contributed by atoms with E-state index in [1.54, 1.807) is 12.1 Å². The second kappa shape index (κ2) is 4.89. The highest BCUT2D eigenvalue weighted by atomic mass is 32.2. The summed E-state index contributed by atoms with van der Waals surface area (Å²) in [6.45, 7) is 1.39. The zero-order valence-corrected chi connectivity index (χ0v) is 9.78. The Labute approximate surface area is 94.1 Å². The molecule has 1 aromatic carbocycles. The molecule has 16 heavy (non-hydrogen) atoms. The number of rotatable bonds is 4. The van der Waals surface area contributed by atoms with Crippen LogP contribution in [0.5, 0.6) is 0 Å². The number of anilines is 1. The minimum absolute atomic E-state index is 0.166. The van der Waals surface area contributed by atoms with Crippen molar-refractivity contribution in [2.24, 2.45) is 5.10 Å². The van der Waals surface area contributed by atoms with Crippen LogP contribution < -0.4 is 5.43 Å². The van der Waals surface area contributed by atoms with Crippen LogP contribution >= 0.6 is 0 Å². The van der Waals surface area contributed by atoms with Gasteiger partial charge in [-0.2, -0.15) is 5.10 Å². The van der Waals surface area contributed by atoms with Crippen LogP contribution in [0.4, 0.5) is 5.69 Å². The molecule has 0 atom stereocenters. The number of carbonyl (C=O) groups is 1. The van der Waals surface area contributed by atoms with E-state index in [4.69, 9.17) is 0 Å². The Hall–Kier alpha value is -1.69. The molecule has 1 aromatic rings. The molecule has 0 amide bonds. The van der Waals surface area contributed by atoms with Gasteiger partial charge in [0.1, 0.15) is 0 Å². The molecule has 0 saturated carbocycles. The molecule has 5 nitrogen and oxygen atoms in total. The summed E-state index contributed by atoms with van der Waals surface area (Å²) in [5.74, 6) is -0.166. The smallest absolute Gasteiger partial charge is 0.175 e. The largest absolute Gasteiger partial charge is 0.293 e. The Balaban J connectivity index is 2.77. The van der Waals surface area contributed by atoms with Gasteiger partial charge in [0.2, 0.25) is 0 Å². The van der Waals surface area contributed by atoms with Crippen molar-refractivity contribution in [2.45, 2.75) is 11.8 Å². The first-order valence-electron chi connectivity index (χ1n) is 4.49. The molecule has 0 aliphatic rings. The van der Waals surface area contributed by atoms with Gasteiger partial charge in [0, 0.05) is 13.2 Å². The Morgan fingerprint density at radius 2 is 1.88 bits per heavy atom. The molecule has 0 aromatic heterocycles. The van der Waals surface area contributed by atoms with Crippen LogP contribution in [0.25, 0.3) is 0 Å². The van der Waals surface area contributed by atoms with Crippen LogP contribution in [-0.4, -0.2) is 26.7 Å². The van der Waals surface area contributed by atoms with Gasteiger partial charge in [-0.1, -0.05) is 0 Å². The van der Waals surface area contributed by atoms with Crippen LogP contribution in [0.3, 0.4) is 0 Å². The Bertz CT molecular complexity index is 503. The molecule has 6 heteroatoms. The van der Waals surface area contributed by atoms with Gasteiger partial charge in [-0.05, 0) is 24.3 Å². The summed E-state index contributed by atoms with van der Waals surface area (Å²) in [7, 11) is -3.17. The van der Waals surface area contributed by atoms with Crippen molar-refractivity contribution in [3.63, 3.8) is 0 Å². The van der Waals surface area contributed by atoms with E-state index >= 15 is 0 Å². The van der Waals surface area contributed by atoms with E-state index in [0.29, 0.717) is 5.69 Å². The average molecular weight is 240 g/mol. The summed E-state index contributed by atoms with van der Waals surface area (Å²) in [4.78, 5) is 10.8. The van der Waals surface area contributed by atoms with Crippen LogP contribution in [0.1, 0.15) is 6.92 Å². The maximum Gasteiger partial charge on any atom is 0.175 e. The van der Waals surface area contributed by atoms with Crippen molar-refractivity contribution in [2.75, 3.05) is 11.7 Å². The standard InChI is InChI=1S/C10H12N2O3S/c1-8(13)7-11-12-9-3-5-10(6-4-9)16(2,14)15/h3-7,12H,1-2H3/b11-7+. The molecule has 0 bridgehead atoms. The van der Waals surface area contributed by atoms with Crippen LogP contribution in [0.15, 0.2) is 34.3 Å². The average Bonchev–Trinajstić information content (AvgIpc) is 2.16. The fourth-order valence-electron chi connectivity index (χ4n) is 0.974. The van der Waals surface area contributed by atoms with Crippen LogP contribution in [-0.2, 0) is 14.6 Å². The molecule has 0 radical (unpaired) electrons. The second-order valence-electron chi connectivity index (χ2n) is 3.28. The quantitative estimate of drug-likeness (QED) is 0.631. The lowest BCUT2D eigenvalue weighted by Crippen LogP contribution is -1.98. The van der Waals surface area contributed by atoms with Crippen molar-refractivity contribution in [1.82, 2.24) is 0 Å². The van der Waals surface area contributed by atoms with E-state index < -0.39 is 9.84 Å². The van der Waals surface area contributed by atoms with E-state index in [-0.39, 0.29) is 10.7 Å². The normalized spacial score (nSPS) is 11.6. The van der Waals surface area contributed by atoms with Gasteiger partial charge in [0.05, 0.1) is 16.8 Å². The third-order valence-electron chi connectivity index (χ3n) is 1.72. The van der Waals surface area contributed by atoms with Crippen molar-refractivity contribution in [3.8, 4) is 0 Å². The highest BCUT2D eigenvalue weighted by Gasteiger charge is 2.05. The zero-order chi connectivity index (χ0) is 12.2. The summed E-state index contributed by atoms with van der Waals surface area (Å²) in [5.41, 5.74) is 3.22. The van der Waals surface area contributed by atoms with Gasteiger partial charge < -0.3 is 0 Å². The SMILES string of the molecule is CC(=O)/C=N/Nc1ccc(S(C)(=O)=O)cc1. The number of Topliss-reactive ketones (excluding diaryl/α,β-unsaturated/α-hetero) is 1. The molecule has 0 aliphatic carbocycles. The van der Waals surface area contributed by atoms with E-state index in [2.05, 4.69) is 10.5 Å². The van der Waals surface area contributed by atoms with Crippen molar-refractivity contribution in [1.29, 1.82) is 0 Å². The first-order chi connectivity index (χ1) is 7.39. The number of sulfone groups is 1. The molecule has 0 fully saturated rings. The van der Waals surface area contributed by atoms with E-state index in [1.807, 2.05) is 0 Å². The summed E-state index contributed by atoms with van der Waals surface area (Å²) < 4.78 is 22.3. The molecule has 0 heterocycles. The topological polar surface area (TPSA) is 75.6 Å². The predicted octanol–water partition coefficient (Wildman–Crippen LogP) is 1.08. The Morgan fingerprint density at radius 1 is 1.31 bits per heavy atom. The summed E-state index contributed by atoms with van der Waals surface area (Å²) >= 11 is 0. The molecule has 1 N–H and O–H groups in total. The number of benzene rings is 1. The number of hydrogen-bond donors (Lipinski definition) is 1. The fourth-order valence-corrected chi connectivity index (χ4v) is 1.60. The number of nitrogens with one attached hydrogen (secondary N) is 1. The molecule has 1 rings (SSSR count). The highest BCUT2D eigenvalue weighted by molar-refractivity contribution is 7.90. The van der Waals surface area contributed by atoms with Gasteiger partial charge in [-0.3, -0.25) is 10.2 Å². The number of carbonyl (C=O) groups excluding carboxylic acids is 1.